The summed E-state index contributed by atoms with van der Waals surface area (Å²) in [6.07, 6.45) is -1.89. The van der Waals surface area contributed by atoms with E-state index in [4.69, 9.17) is 74.3 Å². The summed E-state index contributed by atoms with van der Waals surface area (Å²) in [5.41, 5.74) is 0.260. The van der Waals surface area contributed by atoms with Gasteiger partial charge in [-0.2, -0.15) is 0 Å². The van der Waals surface area contributed by atoms with Gasteiger partial charge < -0.3 is 10.1 Å². The topological polar surface area (TPSA) is 50.4 Å². The number of hydrogen-bond acceptors (Lipinski definition) is 3. The molecule has 0 fully saturated rings. The molecule has 0 heterocycles. The van der Waals surface area contributed by atoms with Crippen LogP contribution in [0, 0.1) is 0 Å². The third-order valence-electron chi connectivity index (χ3n) is 2.16. The number of carbonyl (C=O) groups excluding carboxylic acids is 1. The van der Waals surface area contributed by atoms with Crippen molar-refractivity contribution in [3.8, 4) is 0 Å². The highest BCUT2D eigenvalue weighted by molar-refractivity contribution is 6.68. The first kappa shape index (κ1) is 19.1. The van der Waals surface area contributed by atoms with Crippen LogP contribution in [-0.4, -0.2) is 22.7 Å². The summed E-state index contributed by atoms with van der Waals surface area (Å²) in [5.74, 6) is 0. The molecule has 0 bridgehead atoms. The van der Waals surface area contributed by atoms with Crippen molar-refractivity contribution >= 4 is 81.4 Å². The molecule has 0 aliphatic heterocycles. The second-order valence-corrected chi connectivity index (χ2v) is 7.35. The molecule has 0 spiro atoms. The van der Waals surface area contributed by atoms with Crippen molar-refractivity contribution in [1.29, 1.82) is 0 Å². The van der Waals surface area contributed by atoms with Crippen LogP contribution >= 0.6 is 69.6 Å². The van der Waals surface area contributed by atoms with E-state index in [2.05, 4.69) is 10.6 Å². The zero-order chi connectivity index (χ0) is 16.2. The second-order valence-electron chi connectivity index (χ2n) is 3.73. The van der Waals surface area contributed by atoms with Gasteiger partial charge in [0, 0.05) is 5.02 Å². The minimum atomic E-state index is -1.88. The van der Waals surface area contributed by atoms with Gasteiger partial charge in [0.2, 0.25) is 3.79 Å². The van der Waals surface area contributed by atoms with E-state index in [1.807, 2.05) is 0 Å². The largest absolute Gasteiger partial charge is 0.450 e. The number of anilines is 1. The van der Waals surface area contributed by atoms with Crippen LogP contribution in [0.2, 0.25) is 15.1 Å². The molecule has 0 aliphatic rings. The average molecular weight is 415 g/mol. The molecular formula is C11H10Cl6N2O2. The lowest BCUT2D eigenvalue weighted by atomic mass is 10.3. The van der Waals surface area contributed by atoms with Gasteiger partial charge in [0.15, 0.2) is 6.17 Å². The summed E-state index contributed by atoms with van der Waals surface area (Å²) in [7, 11) is 0. The lowest BCUT2D eigenvalue weighted by Crippen LogP contribution is -2.49. The maximum atomic E-state index is 11.5. The Morgan fingerprint density at radius 3 is 2.19 bits per heavy atom. The Kier molecular flexibility index (Phi) is 7.31. The van der Waals surface area contributed by atoms with Gasteiger partial charge in [-0.25, -0.2) is 4.79 Å². The van der Waals surface area contributed by atoms with Crippen molar-refractivity contribution in [2.24, 2.45) is 0 Å². The number of halogens is 6. The molecule has 2 N–H and O–H groups in total. The molecular weight excluding hydrogens is 405 g/mol. The minimum Gasteiger partial charge on any atom is -0.450 e. The maximum Gasteiger partial charge on any atom is 0.408 e. The molecule has 4 nitrogen and oxygen atoms in total. The summed E-state index contributed by atoms with van der Waals surface area (Å²) < 4.78 is 2.86. The Morgan fingerprint density at radius 1 is 1.24 bits per heavy atom. The first-order valence-corrected chi connectivity index (χ1v) is 7.83. The van der Waals surface area contributed by atoms with E-state index in [1.54, 1.807) is 6.92 Å². The molecule has 0 saturated heterocycles. The number of ether oxygens (including phenoxy) is 1. The van der Waals surface area contributed by atoms with Crippen molar-refractivity contribution in [2.75, 3.05) is 11.9 Å². The molecule has 1 amide bonds. The highest BCUT2D eigenvalue weighted by Gasteiger charge is 2.35. The van der Waals surface area contributed by atoms with Crippen LogP contribution in [0.4, 0.5) is 10.5 Å². The van der Waals surface area contributed by atoms with E-state index < -0.39 is 16.1 Å². The summed E-state index contributed by atoms with van der Waals surface area (Å²) >= 11 is 35.3. The van der Waals surface area contributed by atoms with E-state index in [-0.39, 0.29) is 22.3 Å². The SMILES string of the molecule is CCOC(=O)N[C@@H](Nc1c(Cl)cc(Cl)cc1Cl)C(Cl)(Cl)Cl. The first-order valence-electron chi connectivity index (χ1n) is 5.56. The lowest BCUT2D eigenvalue weighted by molar-refractivity contribution is 0.149. The van der Waals surface area contributed by atoms with Crippen LogP contribution in [0.15, 0.2) is 12.1 Å². The standard InChI is InChI=1S/C11H10Cl6N2O2/c1-2-21-10(20)19-9(11(15,16)17)18-8-6(13)3-5(12)4-7(8)14/h3-4,9,18H,2H2,1H3,(H,19,20)/t9-/m1/s1. The van der Waals surface area contributed by atoms with Crippen molar-refractivity contribution in [3.63, 3.8) is 0 Å². The smallest absolute Gasteiger partial charge is 0.408 e. The molecule has 0 unspecified atom stereocenters. The number of rotatable bonds is 4. The quantitative estimate of drug-likeness (QED) is 0.505. The van der Waals surface area contributed by atoms with Gasteiger partial charge in [-0.15, -0.1) is 0 Å². The number of amides is 1. The van der Waals surface area contributed by atoms with Crippen LogP contribution in [0.25, 0.3) is 0 Å². The van der Waals surface area contributed by atoms with Gasteiger partial charge in [0.05, 0.1) is 22.3 Å². The molecule has 21 heavy (non-hydrogen) atoms. The molecule has 0 radical (unpaired) electrons. The van der Waals surface area contributed by atoms with Gasteiger partial charge in [-0.3, -0.25) is 5.32 Å². The maximum absolute atomic E-state index is 11.5. The van der Waals surface area contributed by atoms with E-state index in [0.717, 1.165) is 0 Å². The van der Waals surface area contributed by atoms with Crippen molar-refractivity contribution in [1.82, 2.24) is 5.32 Å². The molecule has 0 aromatic heterocycles. The molecule has 1 rings (SSSR count). The predicted octanol–water partition coefficient (Wildman–Crippen LogP) is 5.50. The van der Waals surface area contributed by atoms with Gasteiger partial charge >= 0.3 is 6.09 Å². The zero-order valence-corrected chi connectivity index (χ0v) is 15.1. The molecule has 1 aromatic carbocycles. The average Bonchev–Trinajstić information content (AvgIpc) is 2.30. The van der Waals surface area contributed by atoms with Crippen LogP contribution in [0.5, 0.6) is 0 Å². The summed E-state index contributed by atoms with van der Waals surface area (Å²) in [5, 5.41) is 5.86. The predicted molar refractivity (Wildman–Crippen MR) is 89.3 cm³/mol. The van der Waals surface area contributed by atoms with Gasteiger partial charge in [0.1, 0.15) is 0 Å². The summed E-state index contributed by atoms with van der Waals surface area (Å²) in [4.78, 5) is 11.5. The van der Waals surface area contributed by atoms with E-state index in [0.29, 0.717) is 5.02 Å². The molecule has 0 aliphatic carbocycles. The normalized spacial score (nSPS) is 12.7. The third kappa shape index (κ3) is 5.97. The Hall–Kier alpha value is 0.0300. The number of carbonyl (C=O) groups is 1. The highest BCUT2D eigenvalue weighted by Crippen LogP contribution is 2.37. The van der Waals surface area contributed by atoms with Crippen LogP contribution in [-0.2, 0) is 4.74 Å². The molecule has 10 heteroatoms. The van der Waals surface area contributed by atoms with Gasteiger partial charge in [-0.1, -0.05) is 69.6 Å². The monoisotopic (exact) mass is 412 g/mol. The van der Waals surface area contributed by atoms with E-state index in [9.17, 15) is 4.79 Å². The Bertz CT molecular complexity index is 497. The van der Waals surface area contributed by atoms with Crippen LogP contribution in [0.1, 0.15) is 6.92 Å². The Morgan fingerprint density at radius 2 is 1.76 bits per heavy atom. The zero-order valence-electron chi connectivity index (χ0n) is 10.5. The number of nitrogens with one attached hydrogen (secondary N) is 2. The molecule has 1 aromatic rings. The van der Waals surface area contributed by atoms with E-state index >= 15 is 0 Å². The fourth-order valence-electron chi connectivity index (χ4n) is 1.31. The Balaban J connectivity index is 3.00. The lowest BCUT2D eigenvalue weighted by Gasteiger charge is -2.27. The van der Waals surface area contributed by atoms with Crippen LogP contribution in [0.3, 0.4) is 0 Å². The van der Waals surface area contributed by atoms with E-state index in [1.165, 1.54) is 12.1 Å². The fraction of sp³-hybridized carbons (Fsp3) is 0.364. The molecule has 1 atom stereocenters. The summed E-state index contributed by atoms with van der Waals surface area (Å²) in [6.45, 7) is 1.81. The van der Waals surface area contributed by atoms with Gasteiger partial charge in [-0.05, 0) is 19.1 Å². The number of alkyl halides is 3. The number of hydrogen-bond donors (Lipinski definition) is 2. The first-order chi connectivity index (χ1) is 9.65. The number of alkyl carbamates (subject to hydrolysis) is 1. The fourth-order valence-corrected chi connectivity index (χ4v) is 2.57. The summed E-state index contributed by atoms with van der Waals surface area (Å²) in [6, 6.07) is 2.91. The third-order valence-corrected chi connectivity index (χ3v) is 3.63. The molecule has 118 valence electrons. The minimum absolute atomic E-state index is 0.168. The Labute approximate surface area is 151 Å². The van der Waals surface area contributed by atoms with Crippen molar-refractivity contribution < 1.29 is 9.53 Å². The number of benzene rings is 1. The van der Waals surface area contributed by atoms with Gasteiger partial charge in [0.25, 0.3) is 0 Å². The molecule has 0 saturated carbocycles. The van der Waals surface area contributed by atoms with Crippen LogP contribution < -0.4 is 10.6 Å². The van der Waals surface area contributed by atoms with Crippen molar-refractivity contribution in [3.05, 3.63) is 27.2 Å². The highest BCUT2D eigenvalue weighted by atomic mass is 35.6. The van der Waals surface area contributed by atoms with Crippen molar-refractivity contribution in [2.45, 2.75) is 16.9 Å². The second kappa shape index (κ2) is 8.04.